The van der Waals surface area contributed by atoms with Crippen LogP contribution in [0.4, 0.5) is 0 Å². The molecule has 0 bridgehead atoms. The third-order valence-corrected chi connectivity index (χ3v) is 1.82. The van der Waals surface area contributed by atoms with E-state index in [1.807, 2.05) is 6.92 Å². The Hall–Kier alpha value is -0.0800. The molecule has 0 aliphatic carbocycles. The molecule has 0 aliphatic heterocycles. The summed E-state index contributed by atoms with van der Waals surface area (Å²) in [5.74, 6) is 0. The highest BCUT2D eigenvalue weighted by molar-refractivity contribution is 4.82. The van der Waals surface area contributed by atoms with Gasteiger partial charge in [-0.05, 0) is 19.8 Å². The van der Waals surface area contributed by atoms with Gasteiger partial charge in [-0.15, -0.1) is 0 Å². The van der Waals surface area contributed by atoms with Gasteiger partial charge in [-0.2, -0.15) is 0 Å². The first-order valence-electron chi connectivity index (χ1n) is 3.26. The van der Waals surface area contributed by atoms with Crippen molar-refractivity contribution in [2.24, 2.45) is 0 Å². The average molecular weight is 131 g/mol. The fraction of sp³-hybridized carbons (Fsp3) is 0.857. The first-order chi connectivity index (χ1) is 4.06. The van der Waals surface area contributed by atoms with E-state index in [1.165, 1.54) is 0 Å². The molecule has 0 saturated carbocycles. The van der Waals surface area contributed by atoms with E-state index in [1.54, 1.807) is 6.92 Å². The molecule has 0 amide bonds. The molecule has 0 aliphatic rings. The van der Waals surface area contributed by atoms with E-state index in [-0.39, 0.29) is 0 Å². The first kappa shape index (κ1) is 8.92. The van der Waals surface area contributed by atoms with Gasteiger partial charge in [-0.25, -0.2) is 0 Å². The molecule has 0 spiro atoms. The normalized spacial score (nSPS) is 15.7. The van der Waals surface area contributed by atoms with E-state index < -0.39 is 11.7 Å². The lowest BCUT2D eigenvalue weighted by molar-refractivity contribution is -0.0665. The van der Waals surface area contributed by atoms with Crippen molar-refractivity contribution < 1.29 is 10.2 Å². The molecule has 0 rings (SSSR count). The van der Waals surface area contributed by atoms with Crippen molar-refractivity contribution in [1.82, 2.24) is 0 Å². The summed E-state index contributed by atoms with van der Waals surface area (Å²) >= 11 is 0. The lowest BCUT2D eigenvalue weighted by Crippen LogP contribution is -2.38. The van der Waals surface area contributed by atoms with Gasteiger partial charge in [0.15, 0.2) is 0 Å². The summed E-state index contributed by atoms with van der Waals surface area (Å²) in [5, 5.41) is 18.4. The number of rotatable bonds is 3. The molecule has 0 saturated heterocycles. The molecule has 0 fully saturated rings. The van der Waals surface area contributed by atoms with Crippen LogP contribution >= 0.6 is 0 Å². The van der Waals surface area contributed by atoms with E-state index >= 15 is 0 Å². The van der Waals surface area contributed by atoms with Gasteiger partial charge in [0.05, 0.1) is 11.7 Å². The Balaban J connectivity index is 3.92. The van der Waals surface area contributed by atoms with Crippen LogP contribution in [0.15, 0.2) is 0 Å². The average Bonchev–Trinajstić information content (AvgIpc) is 1.86. The number of aliphatic hydroxyl groups excluding tert-OH is 1. The van der Waals surface area contributed by atoms with Crippen molar-refractivity contribution in [2.45, 2.75) is 38.4 Å². The van der Waals surface area contributed by atoms with E-state index in [9.17, 15) is 5.11 Å². The molecule has 2 N–H and O–H groups in total. The Kier molecular flexibility index (Phi) is 3.15. The van der Waals surface area contributed by atoms with Crippen molar-refractivity contribution in [1.29, 1.82) is 0 Å². The third-order valence-electron chi connectivity index (χ3n) is 1.82. The largest absolute Gasteiger partial charge is 0.390 e. The summed E-state index contributed by atoms with van der Waals surface area (Å²) in [4.78, 5) is 0. The quantitative estimate of drug-likeness (QED) is 0.593. The summed E-state index contributed by atoms with van der Waals surface area (Å²) in [5.41, 5.74) is -0.972. The summed E-state index contributed by atoms with van der Waals surface area (Å²) in [6.45, 7) is 6.95. The lowest BCUT2D eigenvalue weighted by Gasteiger charge is -2.27. The zero-order chi connectivity index (χ0) is 7.49. The molecule has 1 radical (unpaired) electrons. The van der Waals surface area contributed by atoms with Crippen molar-refractivity contribution in [2.75, 3.05) is 0 Å². The Morgan fingerprint density at radius 1 is 1.67 bits per heavy atom. The minimum absolute atomic E-state index is 0.362. The molecule has 0 heterocycles. The topological polar surface area (TPSA) is 40.5 Å². The van der Waals surface area contributed by atoms with E-state index in [4.69, 9.17) is 5.11 Å². The van der Waals surface area contributed by atoms with Gasteiger partial charge in [0, 0.05) is 0 Å². The molecular formula is C7H15O2. The maximum Gasteiger partial charge on any atom is 0.0900 e. The minimum atomic E-state index is -0.972. The van der Waals surface area contributed by atoms with Gasteiger partial charge in [0.1, 0.15) is 0 Å². The van der Waals surface area contributed by atoms with Crippen LogP contribution in [-0.4, -0.2) is 21.9 Å². The monoisotopic (exact) mass is 131 g/mol. The molecule has 55 valence electrons. The Morgan fingerprint density at radius 2 is 2.11 bits per heavy atom. The predicted molar refractivity (Wildman–Crippen MR) is 36.9 cm³/mol. The van der Waals surface area contributed by atoms with Crippen molar-refractivity contribution in [3.63, 3.8) is 0 Å². The van der Waals surface area contributed by atoms with Crippen LogP contribution in [0.25, 0.3) is 0 Å². The fourth-order valence-corrected chi connectivity index (χ4v) is 0.681. The molecular weight excluding hydrogens is 116 g/mol. The molecule has 2 nitrogen and oxygen atoms in total. The number of hydrogen-bond acceptors (Lipinski definition) is 2. The maximum atomic E-state index is 9.39. The number of hydrogen-bond donors (Lipinski definition) is 2. The highest BCUT2D eigenvalue weighted by Crippen LogP contribution is 2.18. The molecule has 2 unspecified atom stereocenters. The maximum absolute atomic E-state index is 9.39. The van der Waals surface area contributed by atoms with Gasteiger partial charge in [0.2, 0.25) is 0 Å². The van der Waals surface area contributed by atoms with Crippen molar-refractivity contribution in [3.8, 4) is 0 Å². The molecule has 9 heavy (non-hydrogen) atoms. The molecule has 0 aromatic heterocycles. The van der Waals surface area contributed by atoms with Gasteiger partial charge >= 0.3 is 0 Å². The van der Waals surface area contributed by atoms with Crippen LogP contribution in [0, 0.1) is 6.92 Å². The summed E-state index contributed by atoms with van der Waals surface area (Å²) < 4.78 is 0. The first-order valence-corrected chi connectivity index (χ1v) is 3.26. The van der Waals surface area contributed by atoms with Gasteiger partial charge in [0.25, 0.3) is 0 Å². The molecule has 0 aromatic rings. The lowest BCUT2D eigenvalue weighted by atomic mass is 9.92. The zero-order valence-corrected chi connectivity index (χ0v) is 6.09. The van der Waals surface area contributed by atoms with Crippen molar-refractivity contribution >= 4 is 0 Å². The Labute approximate surface area is 56.5 Å². The summed E-state index contributed by atoms with van der Waals surface area (Å²) in [6.07, 6.45) is 0.231. The second-order valence-electron chi connectivity index (χ2n) is 2.38. The van der Waals surface area contributed by atoms with Gasteiger partial charge in [-0.1, -0.05) is 13.8 Å². The Bertz CT molecular complexity index is 75.0. The van der Waals surface area contributed by atoms with Crippen LogP contribution < -0.4 is 0 Å². The predicted octanol–water partition coefficient (Wildman–Crippen LogP) is 0.732. The fourth-order valence-electron chi connectivity index (χ4n) is 0.681. The second kappa shape index (κ2) is 3.18. The van der Waals surface area contributed by atoms with Crippen LogP contribution in [0.2, 0.25) is 0 Å². The van der Waals surface area contributed by atoms with Crippen LogP contribution in [0.3, 0.4) is 0 Å². The molecule has 2 atom stereocenters. The van der Waals surface area contributed by atoms with Crippen molar-refractivity contribution in [3.05, 3.63) is 6.92 Å². The highest BCUT2D eigenvalue weighted by Gasteiger charge is 2.27. The SMILES string of the molecule is [CH2]CC(O)(CC)C(C)O. The zero-order valence-electron chi connectivity index (χ0n) is 6.09. The van der Waals surface area contributed by atoms with E-state index in [2.05, 4.69) is 6.92 Å². The Morgan fingerprint density at radius 3 is 2.11 bits per heavy atom. The smallest absolute Gasteiger partial charge is 0.0900 e. The standard InChI is InChI=1S/C7H15O2/c1-4-7(9,5-2)6(3)8/h6,8-9H,1,4-5H2,2-3H3. The second-order valence-corrected chi connectivity index (χ2v) is 2.38. The molecule has 2 heteroatoms. The summed E-state index contributed by atoms with van der Waals surface area (Å²) in [6, 6.07) is 0. The van der Waals surface area contributed by atoms with E-state index in [0.29, 0.717) is 12.8 Å². The number of aliphatic hydroxyl groups is 2. The van der Waals surface area contributed by atoms with Crippen LogP contribution in [-0.2, 0) is 0 Å². The van der Waals surface area contributed by atoms with E-state index in [0.717, 1.165) is 0 Å². The minimum Gasteiger partial charge on any atom is -0.390 e. The van der Waals surface area contributed by atoms with Gasteiger partial charge in [-0.3, -0.25) is 0 Å². The molecule has 0 aromatic carbocycles. The third kappa shape index (κ3) is 1.95. The summed E-state index contributed by atoms with van der Waals surface area (Å²) in [7, 11) is 0. The van der Waals surface area contributed by atoms with Crippen LogP contribution in [0.5, 0.6) is 0 Å². The van der Waals surface area contributed by atoms with Gasteiger partial charge < -0.3 is 10.2 Å². The van der Waals surface area contributed by atoms with Crippen LogP contribution in [0.1, 0.15) is 26.7 Å². The highest BCUT2D eigenvalue weighted by atomic mass is 16.3.